The molecule has 1 aromatic carbocycles. The standard InChI is InChI=1S/C11H13ClO2/c1-8(12)6-9-7-10(13-2)4-5-11(9)14-3/h4-5,7H,1,6H2,2-3H3. The first-order valence-electron chi connectivity index (χ1n) is 4.21. The lowest BCUT2D eigenvalue weighted by Gasteiger charge is -2.09. The minimum Gasteiger partial charge on any atom is -0.497 e. The molecule has 0 aliphatic rings. The molecular weight excluding hydrogens is 200 g/mol. The molecule has 76 valence electrons. The van der Waals surface area contributed by atoms with Crippen LogP contribution in [-0.2, 0) is 6.42 Å². The van der Waals surface area contributed by atoms with Gasteiger partial charge in [-0.3, -0.25) is 0 Å². The number of ether oxygens (including phenoxy) is 2. The van der Waals surface area contributed by atoms with Gasteiger partial charge in [-0.05, 0) is 18.2 Å². The highest BCUT2D eigenvalue weighted by atomic mass is 35.5. The highest BCUT2D eigenvalue weighted by Gasteiger charge is 2.05. The van der Waals surface area contributed by atoms with Crippen LogP contribution in [-0.4, -0.2) is 14.2 Å². The van der Waals surface area contributed by atoms with Gasteiger partial charge in [-0.25, -0.2) is 0 Å². The molecule has 0 heterocycles. The van der Waals surface area contributed by atoms with E-state index in [0.29, 0.717) is 11.5 Å². The average Bonchev–Trinajstić information content (AvgIpc) is 2.16. The molecule has 1 rings (SSSR count). The van der Waals surface area contributed by atoms with Gasteiger partial charge in [-0.2, -0.15) is 0 Å². The Balaban J connectivity index is 3.01. The monoisotopic (exact) mass is 212 g/mol. The van der Waals surface area contributed by atoms with Crippen LogP contribution < -0.4 is 9.47 Å². The summed E-state index contributed by atoms with van der Waals surface area (Å²) in [5.41, 5.74) is 0.979. The predicted octanol–water partition coefficient (Wildman–Crippen LogP) is 3.00. The van der Waals surface area contributed by atoms with E-state index in [0.717, 1.165) is 17.1 Å². The second-order valence-electron chi connectivity index (χ2n) is 2.87. The maximum absolute atomic E-state index is 5.75. The van der Waals surface area contributed by atoms with Crippen LogP contribution in [0.15, 0.2) is 29.8 Å². The quantitative estimate of drug-likeness (QED) is 0.764. The van der Waals surface area contributed by atoms with Crippen LogP contribution in [0.25, 0.3) is 0 Å². The molecule has 3 heteroatoms. The molecule has 0 unspecified atom stereocenters. The molecule has 0 radical (unpaired) electrons. The highest BCUT2D eigenvalue weighted by molar-refractivity contribution is 6.29. The lowest BCUT2D eigenvalue weighted by molar-refractivity contribution is 0.399. The van der Waals surface area contributed by atoms with Gasteiger partial charge in [-0.15, -0.1) is 0 Å². The molecule has 0 saturated carbocycles. The topological polar surface area (TPSA) is 18.5 Å². The largest absolute Gasteiger partial charge is 0.497 e. The summed E-state index contributed by atoms with van der Waals surface area (Å²) < 4.78 is 10.3. The fourth-order valence-electron chi connectivity index (χ4n) is 1.23. The predicted molar refractivity (Wildman–Crippen MR) is 58.2 cm³/mol. The van der Waals surface area contributed by atoms with Gasteiger partial charge in [0, 0.05) is 17.0 Å². The Kier molecular flexibility index (Phi) is 3.84. The van der Waals surface area contributed by atoms with Gasteiger partial charge in [0.05, 0.1) is 14.2 Å². The van der Waals surface area contributed by atoms with Crippen LogP contribution in [0.2, 0.25) is 0 Å². The number of rotatable bonds is 4. The Bertz CT molecular complexity index is 334. The zero-order chi connectivity index (χ0) is 10.6. The van der Waals surface area contributed by atoms with Crippen LogP contribution in [0.1, 0.15) is 5.56 Å². The number of allylic oxidation sites excluding steroid dienone is 1. The second kappa shape index (κ2) is 4.91. The average molecular weight is 213 g/mol. The number of benzene rings is 1. The van der Waals surface area contributed by atoms with Crippen LogP contribution in [0.3, 0.4) is 0 Å². The molecule has 0 aliphatic carbocycles. The third kappa shape index (κ3) is 2.67. The Morgan fingerprint density at radius 1 is 1.36 bits per heavy atom. The van der Waals surface area contributed by atoms with Crippen molar-refractivity contribution >= 4 is 11.6 Å². The molecule has 0 aliphatic heterocycles. The summed E-state index contributed by atoms with van der Waals surface area (Å²) in [5, 5.41) is 0.580. The Morgan fingerprint density at radius 2 is 2.07 bits per heavy atom. The first kappa shape index (κ1) is 10.9. The maximum Gasteiger partial charge on any atom is 0.122 e. The SMILES string of the molecule is C=C(Cl)Cc1cc(OC)ccc1OC. The smallest absolute Gasteiger partial charge is 0.122 e. The van der Waals surface area contributed by atoms with Gasteiger partial charge in [0.1, 0.15) is 11.5 Å². The number of halogens is 1. The van der Waals surface area contributed by atoms with E-state index in [2.05, 4.69) is 6.58 Å². The summed E-state index contributed by atoms with van der Waals surface area (Å²) >= 11 is 5.75. The minimum atomic E-state index is 0.580. The fourth-order valence-corrected chi connectivity index (χ4v) is 1.37. The van der Waals surface area contributed by atoms with Crippen LogP contribution in [0.4, 0.5) is 0 Å². The first-order valence-corrected chi connectivity index (χ1v) is 4.59. The van der Waals surface area contributed by atoms with Gasteiger partial charge in [0.15, 0.2) is 0 Å². The van der Waals surface area contributed by atoms with Crippen molar-refractivity contribution in [1.82, 2.24) is 0 Å². The number of hydrogen-bond donors (Lipinski definition) is 0. The maximum atomic E-state index is 5.75. The second-order valence-corrected chi connectivity index (χ2v) is 3.41. The molecule has 0 N–H and O–H groups in total. The molecule has 0 aromatic heterocycles. The molecular formula is C11H13ClO2. The first-order chi connectivity index (χ1) is 6.67. The van der Waals surface area contributed by atoms with E-state index in [9.17, 15) is 0 Å². The van der Waals surface area contributed by atoms with E-state index >= 15 is 0 Å². The van der Waals surface area contributed by atoms with E-state index < -0.39 is 0 Å². The van der Waals surface area contributed by atoms with Crippen molar-refractivity contribution in [2.24, 2.45) is 0 Å². The van der Waals surface area contributed by atoms with Gasteiger partial charge in [0.25, 0.3) is 0 Å². The summed E-state index contributed by atoms with van der Waals surface area (Å²) in [6.45, 7) is 3.65. The van der Waals surface area contributed by atoms with E-state index in [4.69, 9.17) is 21.1 Å². The van der Waals surface area contributed by atoms with Gasteiger partial charge >= 0.3 is 0 Å². The molecule has 1 aromatic rings. The lowest BCUT2D eigenvalue weighted by Crippen LogP contribution is -1.93. The molecule has 14 heavy (non-hydrogen) atoms. The van der Waals surface area contributed by atoms with E-state index in [1.807, 2.05) is 18.2 Å². The molecule has 0 spiro atoms. The Hall–Kier alpha value is -1.15. The summed E-state index contributed by atoms with van der Waals surface area (Å²) in [7, 11) is 3.25. The van der Waals surface area contributed by atoms with Crippen molar-refractivity contribution in [3.8, 4) is 11.5 Å². The van der Waals surface area contributed by atoms with Gasteiger partial charge in [-0.1, -0.05) is 18.2 Å². The Morgan fingerprint density at radius 3 is 2.57 bits per heavy atom. The third-order valence-corrected chi connectivity index (χ3v) is 2.00. The van der Waals surface area contributed by atoms with Crippen LogP contribution in [0.5, 0.6) is 11.5 Å². The van der Waals surface area contributed by atoms with E-state index in [1.54, 1.807) is 14.2 Å². The molecule has 0 atom stereocenters. The molecule has 0 fully saturated rings. The number of methoxy groups -OCH3 is 2. The van der Waals surface area contributed by atoms with Crippen molar-refractivity contribution < 1.29 is 9.47 Å². The summed E-state index contributed by atoms with van der Waals surface area (Å²) in [6, 6.07) is 5.60. The van der Waals surface area contributed by atoms with Crippen molar-refractivity contribution in [2.75, 3.05) is 14.2 Å². The fraction of sp³-hybridized carbons (Fsp3) is 0.273. The third-order valence-electron chi connectivity index (χ3n) is 1.87. The highest BCUT2D eigenvalue weighted by Crippen LogP contribution is 2.26. The van der Waals surface area contributed by atoms with E-state index in [-0.39, 0.29) is 0 Å². The van der Waals surface area contributed by atoms with Crippen LogP contribution >= 0.6 is 11.6 Å². The van der Waals surface area contributed by atoms with Crippen molar-refractivity contribution in [1.29, 1.82) is 0 Å². The van der Waals surface area contributed by atoms with Crippen molar-refractivity contribution in [2.45, 2.75) is 6.42 Å². The van der Waals surface area contributed by atoms with Gasteiger partial charge < -0.3 is 9.47 Å². The zero-order valence-corrected chi connectivity index (χ0v) is 9.10. The van der Waals surface area contributed by atoms with Gasteiger partial charge in [0.2, 0.25) is 0 Å². The van der Waals surface area contributed by atoms with Crippen molar-refractivity contribution in [3.05, 3.63) is 35.4 Å². The zero-order valence-electron chi connectivity index (χ0n) is 8.34. The summed E-state index contributed by atoms with van der Waals surface area (Å²) in [5.74, 6) is 1.59. The molecule has 0 amide bonds. The molecule has 0 saturated heterocycles. The minimum absolute atomic E-state index is 0.580. The summed E-state index contributed by atoms with van der Waals surface area (Å²) in [6.07, 6.45) is 0.585. The lowest BCUT2D eigenvalue weighted by atomic mass is 10.1. The molecule has 2 nitrogen and oxygen atoms in total. The number of hydrogen-bond acceptors (Lipinski definition) is 2. The van der Waals surface area contributed by atoms with E-state index in [1.165, 1.54) is 0 Å². The normalized spacial score (nSPS) is 9.64. The molecule has 0 bridgehead atoms. The Labute approximate surface area is 89.1 Å². The van der Waals surface area contributed by atoms with Crippen LogP contribution in [0, 0.1) is 0 Å². The summed E-state index contributed by atoms with van der Waals surface area (Å²) in [4.78, 5) is 0. The van der Waals surface area contributed by atoms with Crippen molar-refractivity contribution in [3.63, 3.8) is 0 Å².